The molecular weight excluding hydrogens is 804 g/mol. The van der Waals surface area contributed by atoms with Crippen LogP contribution in [0.15, 0.2) is 82.6 Å². The van der Waals surface area contributed by atoms with Crippen LogP contribution in [0.4, 0.5) is 17.1 Å². The van der Waals surface area contributed by atoms with Gasteiger partial charge in [-0.05, 0) is 115 Å². The maximum Gasteiger partial charge on any atom is 0.339 e. The third-order valence-corrected chi connectivity index (χ3v) is 8.87. The molecule has 2 aromatic carbocycles. The summed E-state index contributed by atoms with van der Waals surface area (Å²) in [4.78, 5) is 83.8. The molecule has 16 nitrogen and oxygen atoms in total. The van der Waals surface area contributed by atoms with Crippen molar-refractivity contribution < 1.29 is 29.0 Å². The van der Waals surface area contributed by atoms with Crippen LogP contribution in [0, 0.1) is 31.8 Å². The van der Waals surface area contributed by atoms with Crippen molar-refractivity contribution >= 4 is 73.8 Å². The molecule has 0 atom stereocenters. The number of carbonyl (C=O) groups is 4. The van der Waals surface area contributed by atoms with Gasteiger partial charge in [-0.1, -0.05) is 6.07 Å². The highest BCUT2D eigenvalue weighted by atomic mass is 35.5. The summed E-state index contributed by atoms with van der Waals surface area (Å²) in [7, 11) is 0. The Morgan fingerprint density at radius 1 is 0.852 bits per heavy atom. The molecule has 0 saturated heterocycles. The smallest absolute Gasteiger partial charge is 0.339 e. The van der Waals surface area contributed by atoms with E-state index in [2.05, 4.69) is 20.1 Å². The van der Waals surface area contributed by atoms with Crippen molar-refractivity contribution in [3.8, 4) is 6.07 Å². The number of benzene rings is 2. The number of anilines is 2. The zero-order valence-electron chi connectivity index (χ0n) is 34.3. The van der Waals surface area contributed by atoms with Gasteiger partial charge in [0.05, 0.1) is 51.4 Å². The Kier molecular flexibility index (Phi) is 14.6. The van der Waals surface area contributed by atoms with Gasteiger partial charge in [0.2, 0.25) is 10.9 Å². The molecule has 0 aliphatic heterocycles. The lowest BCUT2D eigenvalue weighted by Gasteiger charge is -2.20. The summed E-state index contributed by atoms with van der Waals surface area (Å²) in [5, 5.41) is 20.7. The first-order valence-electron chi connectivity index (χ1n) is 18.5. The van der Waals surface area contributed by atoms with E-state index in [9.17, 15) is 33.9 Å². The number of nitrogen functional groups attached to an aromatic ring is 1. The molecule has 1 amide bonds. The van der Waals surface area contributed by atoms with Crippen molar-refractivity contribution in [2.45, 2.75) is 67.2 Å². The molecule has 4 aromatic heterocycles. The number of nitrogens with one attached hydrogen (secondary N) is 1. The van der Waals surface area contributed by atoms with Crippen LogP contribution in [-0.4, -0.2) is 52.9 Å². The van der Waals surface area contributed by atoms with Gasteiger partial charge in [-0.3, -0.25) is 19.2 Å². The number of aryl methyl sites for hydroxylation is 4. The maximum absolute atomic E-state index is 12.8. The number of nitrogens with two attached hydrogens (primary N) is 1. The normalized spacial score (nSPS) is 10.6. The number of carboxylic acid groups (broad SMARTS) is 1. The molecular formula is C44H41ClN8O8. The topological polar surface area (TPSA) is 234 Å². The number of nitrogens with zero attached hydrogens (tertiary/aromatic N) is 6. The summed E-state index contributed by atoms with van der Waals surface area (Å²) < 4.78 is 8.62. The maximum atomic E-state index is 12.8. The Bertz CT molecular complexity index is 2940. The van der Waals surface area contributed by atoms with Gasteiger partial charge in [-0.25, -0.2) is 24.4 Å². The second kappa shape index (κ2) is 19.4. The van der Waals surface area contributed by atoms with Gasteiger partial charge in [0.25, 0.3) is 11.1 Å². The largest absolute Gasteiger partial charge is 0.478 e. The van der Waals surface area contributed by atoms with Crippen molar-refractivity contribution in [3.63, 3.8) is 0 Å². The number of carbonyl (C=O) groups excluding carboxylic acids is 3. The van der Waals surface area contributed by atoms with Gasteiger partial charge in [0, 0.05) is 42.6 Å². The second-order valence-corrected chi connectivity index (χ2v) is 14.6. The summed E-state index contributed by atoms with van der Waals surface area (Å²) in [6.45, 7) is 20.7. The number of ether oxygens (including phenoxy) is 1. The number of aromatic nitrogens is 4. The average Bonchev–Trinajstić information content (AvgIpc) is 3.21. The molecule has 0 fully saturated rings. The van der Waals surface area contributed by atoms with E-state index in [4.69, 9.17) is 33.9 Å². The zero-order valence-corrected chi connectivity index (χ0v) is 35.0. The number of aromatic carboxylic acids is 1. The summed E-state index contributed by atoms with van der Waals surface area (Å²) in [6.07, 6.45) is 2.88. The molecule has 0 saturated carbocycles. The number of rotatable bonds is 7. The Morgan fingerprint density at radius 2 is 1.39 bits per heavy atom. The Labute approximate surface area is 354 Å². The van der Waals surface area contributed by atoms with Gasteiger partial charge < -0.3 is 30.0 Å². The van der Waals surface area contributed by atoms with E-state index in [1.807, 2.05) is 33.8 Å². The third kappa shape index (κ3) is 11.1. The molecule has 6 rings (SSSR count). The molecule has 6 aromatic rings. The second-order valence-electron chi connectivity index (χ2n) is 14.3. The number of hydrogen-bond acceptors (Lipinski definition) is 11. The van der Waals surface area contributed by atoms with Crippen LogP contribution in [-0.2, 0) is 17.8 Å². The van der Waals surface area contributed by atoms with Crippen molar-refractivity contribution in [2.24, 2.45) is 0 Å². The number of hydrogen-bond donors (Lipinski definition) is 3. The van der Waals surface area contributed by atoms with Crippen LogP contribution >= 0.6 is 11.6 Å². The summed E-state index contributed by atoms with van der Waals surface area (Å²) in [5.74, 6) is -2.53. The number of nitriles is 1. The van der Waals surface area contributed by atoms with Gasteiger partial charge >= 0.3 is 11.9 Å². The lowest BCUT2D eigenvalue weighted by atomic mass is 10.1. The van der Waals surface area contributed by atoms with Crippen molar-refractivity contribution in [1.82, 2.24) is 19.1 Å². The minimum atomic E-state index is -1.29. The van der Waals surface area contributed by atoms with Crippen molar-refractivity contribution in [1.29, 1.82) is 5.26 Å². The summed E-state index contributed by atoms with van der Waals surface area (Å²) >= 11 is 5.40. The van der Waals surface area contributed by atoms with Gasteiger partial charge in [-0.15, -0.1) is 0 Å². The molecule has 4 N–H and O–H groups in total. The SMILES string of the molecule is CCn1cc(C(=O)Cl)c(=O)c2ccc(C)nc21.CCn1cc(C(=O)Nc2ccc(C#N)cc2C(=O)O)c(=O)c2ccc(C)nc21.[C-]#[N+]c1ccc(N)c(C(=O)OC(C)(C)C)c1. The molecule has 0 radical (unpaired) electrons. The predicted molar refractivity (Wildman–Crippen MR) is 231 cm³/mol. The molecule has 312 valence electrons. The number of carboxylic acids is 1. The predicted octanol–water partition coefficient (Wildman–Crippen LogP) is 7.43. The standard InChI is InChI=1S/C20H16N4O4.C12H11ClN2O2.C12H14N2O2/c1-3-24-10-15(17(25)13-6-4-11(2)22-18(13)24)19(26)23-16-7-5-12(9-21)8-14(16)20(27)28;1-3-15-6-9(11(13)17)10(16)8-5-4-7(2)14-12(8)15;1-12(2,3)16-11(15)9-7-8(14-4)5-6-10(9)13/h4-8,10H,3H2,1-2H3,(H,23,26)(H,27,28);4-6H,3H2,1-2H3;5-7H,13H2,1-3H3. The lowest BCUT2D eigenvalue weighted by Crippen LogP contribution is -2.25. The number of pyridine rings is 4. The van der Waals surface area contributed by atoms with Gasteiger partial charge in [-0.2, -0.15) is 5.26 Å². The zero-order chi connectivity index (χ0) is 45.3. The van der Waals surface area contributed by atoms with E-state index in [0.29, 0.717) is 46.5 Å². The van der Waals surface area contributed by atoms with Gasteiger partial charge in [0.15, 0.2) is 5.69 Å². The van der Waals surface area contributed by atoms with Crippen LogP contribution < -0.4 is 21.9 Å². The molecule has 0 spiro atoms. The molecule has 4 heterocycles. The fourth-order valence-electron chi connectivity index (χ4n) is 5.72. The first-order valence-corrected chi connectivity index (χ1v) is 18.9. The van der Waals surface area contributed by atoms with E-state index >= 15 is 0 Å². The quantitative estimate of drug-likeness (QED) is 0.0616. The summed E-state index contributed by atoms with van der Waals surface area (Å²) in [6, 6.07) is 17.0. The van der Waals surface area contributed by atoms with Crippen molar-refractivity contribution in [3.05, 3.63) is 144 Å². The monoisotopic (exact) mass is 844 g/mol. The van der Waals surface area contributed by atoms with Crippen LogP contribution in [0.25, 0.3) is 26.9 Å². The van der Waals surface area contributed by atoms with Crippen LogP contribution in [0.2, 0.25) is 0 Å². The van der Waals surface area contributed by atoms with Gasteiger partial charge in [0.1, 0.15) is 22.5 Å². The molecule has 0 bridgehead atoms. The highest BCUT2D eigenvalue weighted by Gasteiger charge is 2.21. The lowest BCUT2D eigenvalue weighted by molar-refractivity contribution is 0.00703. The van der Waals surface area contributed by atoms with E-state index in [-0.39, 0.29) is 38.9 Å². The fourth-order valence-corrected chi connectivity index (χ4v) is 5.85. The molecule has 0 unspecified atom stereocenters. The number of amides is 1. The van der Waals surface area contributed by atoms with Crippen LogP contribution in [0.5, 0.6) is 0 Å². The Morgan fingerprint density at radius 3 is 1.87 bits per heavy atom. The molecule has 17 heteroatoms. The first kappa shape index (κ1) is 46.0. The van der Waals surface area contributed by atoms with Crippen molar-refractivity contribution in [2.75, 3.05) is 11.1 Å². The number of fused-ring (bicyclic) bond motifs is 2. The first-order chi connectivity index (χ1) is 28.7. The molecule has 0 aliphatic rings. The van der Waals surface area contributed by atoms with Crippen LogP contribution in [0.3, 0.4) is 0 Å². The van der Waals surface area contributed by atoms with Crippen LogP contribution in [0.1, 0.15) is 93.0 Å². The van der Waals surface area contributed by atoms with E-state index < -0.39 is 34.1 Å². The minimum absolute atomic E-state index is 0.000997. The highest BCUT2D eigenvalue weighted by molar-refractivity contribution is 6.67. The number of halogens is 1. The van der Waals surface area contributed by atoms with E-state index in [1.165, 1.54) is 36.7 Å². The van der Waals surface area contributed by atoms with E-state index in [0.717, 1.165) is 17.5 Å². The average molecular weight is 845 g/mol. The third-order valence-electron chi connectivity index (χ3n) is 8.67. The Hall–Kier alpha value is -7.69. The molecule has 0 aliphatic carbocycles. The molecule has 61 heavy (non-hydrogen) atoms. The Balaban J connectivity index is 0.000000214. The van der Waals surface area contributed by atoms with E-state index in [1.54, 1.807) is 60.2 Å². The highest BCUT2D eigenvalue weighted by Crippen LogP contribution is 2.23. The fraction of sp³-hybridized carbons (Fsp3) is 0.227. The minimum Gasteiger partial charge on any atom is -0.478 e. The summed E-state index contributed by atoms with van der Waals surface area (Å²) in [5.41, 5.74) is 7.58. The number of esters is 1.